The summed E-state index contributed by atoms with van der Waals surface area (Å²) in [5.41, 5.74) is 7.15. The van der Waals surface area contributed by atoms with Gasteiger partial charge in [0.2, 0.25) is 5.95 Å². The molecular formula is C20H23N7O4. The van der Waals surface area contributed by atoms with Crippen molar-refractivity contribution in [1.29, 1.82) is 0 Å². The number of benzene rings is 1. The highest BCUT2D eigenvalue weighted by Crippen LogP contribution is 2.32. The van der Waals surface area contributed by atoms with Crippen LogP contribution < -0.4 is 31.7 Å². The summed E-state index contributed by atoms with van der Waals surface area (Å²) in [6.45, 7) is 1.83. The van der Waals surface area contributed by atoms with Crippen molar-refractivity contribution in [3.63, 3.8) is 0 Å². The van der Waals surface area contributed by atoms with Crippen molar-refractivity contribution in [2.24, 2.45) is 0 Å². The highest BCUT2D eigenvalue weighted by Gasteiger charge is 2.37. The normalized spacial score (nSPS) is 17.9. The fourth-order valence-corrected chi connectivity index (χ4v) is 3.91. The molecule has 31 heavy (non-hydrogen) atoms. The minimum atomic E-state index is -0.694. The predicted octanol–water partition coefficient (Wildman–Crippen LogP) is -0.293. The second-order valence-electron chi connectivity index (χ2n) is 7.52. The Bertz CT molecular complexity index is 1050. The largest absolute Gasteiger partial charge is 0.369 e. The van der Waals surface area contributed by atoms with Crippen molar-refractivity contribution in [2.45, 2.75) is 24.9 Å². The highest BCUT2D eigenvalue weighted by molar-refractivity contribution is 5.96. The maximum atomic E-state index is 12.4. The predicted molar refractivity (Wildman–Crippen MR) is 115 cm³/mol. The van der Waals surface area contributed by atoms with Crippen LogP contribution >= 0.6 is 0 Å². The van der Waals surface area contributed by atoms with Crippen molar-refractivity contribution in [3.8, 4) is 0 Å². The van der Waals surface area contributed by atoms with Gasteiger partial charge in [-0.05, 0) is 30.7 Å². The second-order valence-corrected chi connectivity index (χ2v) is 7.52. The molecule has 2 aliphatic rings. The molecule has 0 radical (unpaired) electrons. The molecule has 2 unspecified atom stereocenters. The van der Waals surface area contributed by atoms with Gasteiger partial charge in [-0.15, -0.1) is 0 Å². The first-order valence-corrected chi connectivity index (χ1v) is 9.95. The van der Waals surface area contributed by atoms with Gasteiger partial charge in [-0.3, -0.25) is 14.6 Å². The van der Waals surface area contributed by atoms with E-state index in [1.807, 2.05) is 17.0 Å². The summed E-state index contributed by atoms with van der Waals surface area (Å²) in [5, 5.41) is 5.79. The van der Waals surface area contributed by atoms with Crippen LogP contribution in [0.4, 0.5) is 23.1 Å². The van der Waals surface area contributed by atoms with Crippen molar-refractivity contribution in [3.05, 3.63) is 40.2 Å². The highest BCUT2D eigenvalue weighted by atomic mass is 16.2. The molecule has 1 amide bonds. The number of nitrogens with zero attached hydrogens (tertiary/aromatic N) is 3. The van der Waals surface area contributed by atoms with Crippen LogP contribution in [0.1, 0.15) is 23.2 Å². The Morgan fingerprint density at radius 2 is 2.10 bits per heavy atom. The molecule has 1 fully saturated rings. The fourth-order valence-electron chi connectivity index (χ4n) is 3.91. The summed E-state index contributed by atoms with van der Waals surface area (Å²) in [7, 11) is 0. The van der Waals surface area contributed by atoms with Gasteiger partial charge in [0.1, 0.15) is 18.3 Å². The van der Waals surface area contributed by atoms with Gasteiger partial charge in [0.05, 0.1) is 18.8 Å². The van der Waals surface area contributed by atoms with Crippen LogP contribution in [0.25, 0.3) is 0 Å². The maximum absolute atomic E-state index is 12.4. The number of H-pyrrole nitrogens is 1. The number of anilines is 4. The molecule has 0 saturated carbocycles. The van der Waals surface area contributed by atoms with Crippen molar-refractivity contribution in [1.82, 2.24) is 15.3 Å². The lowest BCUT2D eigenvalue weighted by Crippen LogP contribution is -2.44. The van der Waals surface area contributed by atoms with Crippen molar-refractivity contribution >= 4 is 41.6 Å². The number of fused-ring (bicyclic) bond motifs is 3. The number of hydrogen-bond acceptors (Lipinski definition) is 9. The molecule has 11 nitrogen and oxygen atoms in total. The van der Waals surface area contributed by atoms with Crippen LogP contribution in [0.3, 0.4) is 0 Å². The summed E-state index contributed by atoms with van der Waals surface area (Å²) in [5.74, 6) is 0.176. The molecule has 3 heterocycles. The Balaban J connectivity index is 1.46. The lowest BCUT2D eigenvalue weighted by atomic mass is 10.1. The zero-order valence-corrected chi connectivity index (χ0v) is 16.7. The van der Waals surface area contributed by atoms with Crippen LogP contribution in [-0.4, -0.2) is 60.3 Å². The standard InChI is InChI=1S/C20H23N7O4/c21-20-24-17-16(19(31)25-20)27-11-26(9-15(27)8-22-17)14-5-3-12(4-6-14)18(30)23-13(10-29)2-1-7-28/h3-7,10,13,15H,1-2,8-9,11H2,(H,23,30)(H4,21,22,24,25,31). The van der Waals surface area contributed by atoms with Gasteiger partial charge in [-0.25, -0.2) is 0 Å². The molecule has 0 spiro atoms. The third-order valence-corrected chi connectivity index (χ3v) is 5.47. The quantitative estimate of drug-likeness (QED) is 0.438. The van der Waals surface area contributed by atoms with E-state index in [9.17, 15) is 19.2 Å². The van der Waals surface area contributed by atoms with Gasteiger partial charge in [0, 0.05) is 30.8 Å². The van der Waals surface area contributed by atoms with Crippen LogP contribution in [0.5, 0.6) is 0 Å². The third-order valence-electron chi connectivity index (χ3n) is 5.47. The van der Waals surface area contributed by atoms with E-state index in [4.69, 9.17) is 5.73 Å². The molecule has 2 aliphatic heterocycles. The minimum absolute atomic E-state index is 0.0718. The molecule has 1 aromatic heterocycles. The number of nitrogens with one attached hydrogen (secondary N) is 3. The molecule has 162 valence electrons. The van der Waals surface area contributed by atoms with E-state index in [2.05, 4.69) is 25.5 Å². The number of aldehydes is 2. The van der Waals surface area contributed by atoms with Gasteiger partial charge in [-0.1, -0.05) is 0 Å². The number of carbonyl (C=O) groups is 3. The van der Waals surface area contributed by atoms with E-state index in [0.29, 0.717) is 49.4 Å². The summed E-state index contributed by atoms with van der Waals surface area (Å²) >= 11 is 0. The van der Waals surface area contributed by atoms with E-state index >= 15 is 0 Å². The first-order valence-electron chi connectivity index (χ1n) is 9.95. The zero-order chi connectivity index (χ0) is 22.0. The Morgan fingerprint density at radius 3 is 2.81 bits per heavy atom. The zero-order valence-electron chi connectivity index (χ0n) is 16.7. The number of aromatic nitrogens is 2. The van der Waals surface area contributed by atoms with Crippen molar-refractivity contribution in [2.75, 3.05) is 40.6 Å². The lowest BCUT2D eigenvalue weighted by molar-refractivity contribution is -0.110. The van der Waals surface area contributed by atoms with E-state index in [0.717, 1.165) is 5.69 Å². The monoisotopic (exact) mass is 425 g/mol. The summed E-state index contributed by atoms with van der Waals surface area (Å²) in [6.07, 6.45) is 1.83. The first kappa shape index (κ1) is 20.4. The van der Waals surface area contributed by atoms with E-state index in [1.165, 1.54) is 0 Å². The molecule has 1 aromatic carbocycles. The molecule has 4 rings (SSSR count). The average Bonchev–Trinajstić information content (AvgIpc) is 3.20. The number of carbonyl (C=O) groups excluding carboxylic acids is 3. The number of amides is 1. The molecule has 5 N–H and O–H groups in total. The first-order chi connectivity index (χ1) is 15.0. The molecule has 11 heteroatoms. The molecular weight excluding hydrogens is 402 g/mol. The molecule has 2 atom stereocenters. The van der Waals surface area contributed by atoms with E-state index in [1.54, 1.807) is 12.1 Å². The summed E-state index contributed by atoms with van der Waals surface area (Å²) in [6, 6.07) is 6.42. The summed E-state index contributed by atoms with van der Waals surface area (Å²) in [4.78, 5) is 57.1. The van der Waals surface area contributed by atoms with Crippen LogP contribution in [0.15, 0.2) is 29.1 Å². The second kappa shape index (κ2) is 8.46. The van der Waals surface area contributed by atoms with Gasteiger partial charge < -0.3 is 35.8 Å². The third kappa shape index (κ3) is 4.06. The van der Waals surface area contributed by atoms with Gasteiger partial charge in [-0.2, -0.15) is 4.98 Å². The molecule has 0 aliphatic carbocycles. The van der Waals surface area contributed by atoms with Crippen LogP contribution in [0, 0.1) is 0 Å². The number of hydrogen-bond donors (Lipinski definition) is 4. The maximum Gasteiger partial charge on any atom is 0.278 e. The van der Waals surface area contributed by atoms with Crippen LogP contribution in [0.2, 0.25) is 0 Å². The van der Waals surface area contributed by atoms with Crippen LogP contribution in [-0.2, 0) is 9.59 Å². The molecule has 0 bridgehead atoms. The Morgan fingerprint density at radius 1 is 1.32 bits per heavy atom. The van der Waals surface area contributed by atoms with E-state index in [-0.39, 0.29) is 36.3 Å². The average molecular weight is 425 g/mol. The fraction of sp³-hybridized carbons (Fsp3) is 0.350. The molecule has 1 saturated heterocycles. The van der Waals surface area contributed by atoms with E-state index < -0.39 is 6.04 Å². The number of rotatable bonds is 7. The summed E-state index contributed by atoms with van der Waals surface area (Å²) < 4.78 is 0. The topological polar surface area (TPSA) is 154 Å². The smallest absolute Gasteiger partial charge is 0.278 e. The van der Waals surface area contributed by atoms with Crippen molar-refractivity contribution < 1.29 is 14.4 Å². The Kier molecular flexibility index (Phi) is 5.56. The lowest BCUT2D eigenvalue weighted by Gasteiger charge is -2.31. The Hall–Kier alpha value is -3.89. The number of nitrogen functional groups attached to an aromatic ring is 1. The minimum Gasteiger partial charge on any atom is -0.369 e. The van der Waals surface area contributed by atoms with Gasteiger partial charge in [0.15, 0.2) is 5.82 Å². The Labute approximate surface area is 177 Å². The number of aromatic amines is 1. The van der Waals surface area contributed by atoms with Gasteiger partial charge >= 0.3 is 0 Å². The van der Waals surface area contributed by atoms with Gasteiger partial charge in [0.25, 0.3) is 11.5 Å². The number of nitrogens with two attached hydrogens (primary N) is 1. The molecule has 2 aromatic rings. The SMILES string of the molecule is Nc1nc2c(c(=O)[nH]1)N1CN(c3ccc(C(=O)NC(C=O)CCC=O)cc3)CC1CN2.